The van der Waals surface area contributed by atoms with Gasteiger partial charge in [0.2, 0.25) is 0 Å². The van der Waals surface area contributed by atoms with E-state index in [0.29, 0.717) is 0 Å². The minimum atomic E-state index is 0.939. The second kappa shape index (κ2) is 3.78. The summed E-state index contributed by atoms with van der Waals surface area (Å²) in [5.74, 6) is 1.92. The van der Waals surface area contributed by atoms with Crippen molar-refractivity contribution in [1.82, 2.24) is 0 Å². The van der Waals surface area contributed by atoms with E-state index in [2.05, 4.69) is 27.8 Å². The lowest BCUT2D eigenvalue weighted by Crippen LogP contribution is -2.53. The molecule has 1 saturated heterocycles. The van der Waals surface area contributed by atoms with Crippen LogP contribution in [0.5, 0.6) is 0 Å². The van der Waals surface area contributed by atoms with Crippen molar-refractivity contribution in [3.8, 4) is 0 Å². The number of quaternary nitrogens is 1. The van der Waals surface area contributed by atoms with Gasteiger partial charge in [0.25, 0.3) is 0 Å². The normalized spacial score (nSPS) is 43.0. The molecule has 0 aromatic heterocycles. The highest BCUT2D eigenvalue weighted by Crippen LogP contribution is 2.27. The Morgan fingerprint density at radius 3 is 2.42 bits per heavy atom. The van der Waals surface area contributed by atoms with Crippen LogP contribution in [0.3, 0.4) is 0 Å². The summed E-state index contributed by atoms with van der Waals surface area (Å²) >= 11 is 0. The first-order chi connectivity index (χ1) is 5.59. The van der Waals surface area contributed by atoms with E-state index in [1.54, 1.807) is 0 Å². The molecule has 0 saturated carbocycles. The van der Waals surface area contributed by atoms with Gasteiger partial charge in [-0.15, -0.1) is 0 Å². The van der Waals surface area contributed by atoms with Gasteiger partial charge in [0.05, 0.1) is 26.7 Å². The van der Waals surface area contributed by atoms with Crippen LogP contribution < -0.4 is 0 Å². The Labute approximate surface area is 77.4 Å². The van der Waals surface area contributed by atoms with E-state index in [1.807, 2.05) is 0 Å². The summed E-state index contributed by atoms with van der Waals surface area (Å²) in [7, 11) is 2.42. The highest BCUT2D eigenvalue weighted by Gasteiger charge is 2.32. The molecule has 12 heavy (non-hydrogen) atoms. The lowest BCUT2D eigenvalue weighted by molar-refractivity contribution is -0.919. The van der Waals surface area contributed by atoms with Crippen molar-refractivity contribution in [3.63, 3.8) is 0 Å². The Hall–Kier alpha value is -0.0400. The number of likely N-dealkylation sites (tertiary alicyclic amines) is 1. The molecule has 1 fully saturated rings. The van der Waals surface area contributed by atoms with E-state index in [-0.39, 0.29) is 0 Å². The van der Waals surface area contributed by atoms with Crippen LogP contribution in [0.25, 0.3) is 0 Å². The molecule has 0 aromatic carbocycles. The second-order valence-corrected chi connectivity index (χ2v) is 4.92. The summed E-state index contributed by atoms with van der Waals surface area (Å²) < 4.78 is 1.31. The van der Waals surface area contributed by atoms with Crippen molar-refractivity contribution < 1.29 is 4.48 Å². The first-order valence-electron chi connectivity index (χ1n) is 5.43. The molecule has 0 aromatic rings. The van der Waals surface area contributed by atoms with Gasteiger partial charge in [0.1, 0.15) is 0 Å². The van der Waals surface area contributed by atoms with Crippen LogP contribution in [-0.4, -0.2) is 31.2 Å². The molecular formula is C11H24N+. The Morgan fingerprint density at radius 2 is 1.92 bits per heavy atom. The molecular weight excluding hydrogens is 146 g/mol. The Balaban J connectivity index is 2.56. The third-order valence-electron chi connectivity index (χ3n) is 3.53. The minimum absolute atomic E-state index is 0.939. The number of piperidine rings is 1. The molecule has 0 radical (unpaired) electrons. The topological polar surface area (TPSA) is 0 Å². The summed E-state index contributed by atoms with van der Waals surface area (Å²) in [5, 5.41) is 0. The zero-order valence-corrected chi connectivity index (χ0v) is 9.14. The van der Waals surface area contributed by atoms with Gasteiger partial charge in [-0.2, -0.15) is 0 Å². The van der Waals surface area contributed by atoms with Crippen LogP contribution in [0.15, 0.2) is 0 Å². The molecule has 0 bridgehead atoms. The van der Waals surface area contributed by atoms with Crippen molar-refractivity contribution in [2.45, 2.75) is 33.6 Å². The van der Waals surface area contributed by atoms with Gasteiger partial charge in [-0.05, 0) is 19.8 Å². The molecule has 3 atom stereocenters. The summed E-state index contributed by atoms with van der Waals surface area (Å²) in [5.41, 5.74) is 0. The van der Waals surface area contributed by atoms with Crippen molar-refractivity contribution >= 4 is 0 Å². The molecule has 0 aliphatic carbocycles. The fourth-order valence-electron chi connectivity index (χ4n) is 2.72. The van der Waals surface area contributed by atoms with Crippen LogP contribution in [0.4, 0.5) is 0 Å². The minimum Gasteiger partial charge on any atom is -0.326 e. The van der Waals surface area contributed by atoms with Gasteiger partial charge in [-0.25, -0.2) is 0 Å². The summed E-state index contributed by atoms with van der Waals surface area (Å²) in [6.45, 7) is 11.2. The SMILES string of the molecule is CCC1CC(C)C[N+](C)(CC)C1. The van der Waals surface area contributed by atoms with Crippen LogP contribution in [0, 0.1) is 11.8 Å². The van der Waals surface area contributed by atoms with Crippen molar-refractivity contribution in [3.05, 3.63) is 0 Å². The highest BCUT2D eigenvalue weighted by molar-refractivity contribution is 4.67. The Kier molecular flexibility index (Phi) is 3.16. The summed E-state index contributed by atoms with van der Waals surface area (Å²) in [6.07, 6.45) is 2.84. The maximum atomic E-state index is 2.42. The Bertz CT molecular complexity index is 144. The molecule has 1 aliphatic rings. The largest absolute Gasteiger partial charge is 0.326 e. The van der Waals surface area contributed by atoms with E-state index in [1.165, 1.54) is 37.0 Å². The van der Waals surface area contributed by atoms with E-state index in [9.17, 15) is 0 Å². The van der Waals surface area contributed by atoms with E-state index < -0.39 is 0 Å². The molecule has 1 rings (SSSR count). The monoisotopic (exact) mass is 170 g/mol. The summed E-state index contributed by atoms with van der Waals surface area (Å²) in [6, 6.07) is 0. The maximum Gasteiger partial charge on any atom is 0.0813 e. The van der Waals surface area contributed by atoms with Gasteiger partial charge in [0.15, 0.2) is 0 Å². The third-order valence-corrected chi connectivity index (χ3v) is 3.53. The van der Waals surface area contributed by atoms with Crippen LogP contribution in [0.1, 0.15) is 33.6 Å². The quantitative estimate of drug-likeness (QED) is 0.559. The second-order valence-electron chi connectivity index (χ2n) is 4.92. The van der Waals surface area contributed by atoms with Crippen LogP contribution in [-0.2, 0) is 0 Å². The zero-order chi connectivity index (χ0) is 9.19. The van der Waals surface area contributed by atoms with Gasteiger partial charge in [0, 0.05) is 11.8 Å². The predicted molar refractivity (Wildman–Crippen MR) is 54.0 cm³/mol. The average molecular weight is 170 g/mol. The number of hydrogen-bond acceptors (Lipinski definition) is 0. The van der Waals surface area contributed by atoms with Crippen LogP contribution >= 0.6 is 0 Å². The molecule has 1 aliphatic heterocycles. The summed E-state index contributed by atoms with van der Waals surface area (Å²) in [4.78, 5) is 0. The standard InChI is InChI=1S/C11H24N/c1-5-11-7-10(3)8-12(4,6-2)9-11/h10-11H,5-9H2,1-4H3/q+1. The molecule has 72 valence electrons. The van der Waals surface area contributed by atoms with E-state index in [4.69, 9.17) is 0 Å². The lowest BCUT2D eigenvalue weighted by Gasteiger charge is -2.43. The van der Waals surface area contributed by atoms with Gasteiger partial charge < -0.3 is 4.48 Å². The van der Waals surface area contributed by atoms with Crippen LogP contribution in [0.2, 0.25) is 0 Å². The van der Waals surface area contributed by atoms with Gasteiger partial charge in [-0.3, -0.25) is 0 Å². The molecule has 1 heteroatoms. The van der Waals surface area contributed by atoms with Crippen molar-refractivity contribution in [2.24, 2.45) is 11.8 Å². The maximum absolute atomic E-state index is 2.42. The average Bonchev–Trinajstić information content (AvgIpc) is 2.03. The fraction of sp³-hybridized carbons (Fsp3) is 1.00. The fourth-order valence-corrected chi connectivity index (χ4v) is 2.72. The Morgan fingerprint density at radius 1 is 1.25 bits per heavy atom. The molecule has 0 spiro atoms. The molecule has 1 heterocycles. The molecule has 3 unspecified atom stereocenters. The first kappa shape index (κ1) is 10.0. The number of hydrogen-bond donors (Lipinski definition) is 0. The molecule has 1 nitrogen and oxygen atoms in total. The predicted octanol–water partition coefficient (Wildman–Crippen LogP) is 2.52. The molecule has 0 amide bonds. The van der Waals surface area contributed by atoms with Crippen molar-refractivity contribution in [1.29, 1.82) is 0 Å². The van der Waals surface area contributed by atoms with E-state index >= 15 is 0 Å². The lowest BCUT2D eigenvalue weighted by atomic mass is 9.87. The number of nitrogens with zero attached hydrogens (tertiary/aromatic N) is 1. The van der Waals surface area contributed by atoms with E-state index in [0.717, 1.165) is 11.8 Å². The number of rotatable bonds is 2. The smallest absolute Gasteiger partial charge is 0.0813 e. The first-order valence-corrected chi connectivity index (χ1v) is 5.43. The van der Waals surface area contributed by atoms with Gasteiger partial charge >= 0.3 is 0 Å². The molecule has 0 N–H and O–H groups in total. The van der Waals surface area contributed by atoms with Crippen molar-refractivity contribution in [2.75, 3.05) is 26.7 Å². The third kappa shape index (κ3) is 2.22. The highest BCUT2D eigenvalue weighted by atomic mass is 15.3. The van der Waals surface area contributed by atoms with Gasteiger partial charge in [-0.1, -0.05) is 13.8 Å². The zero-order valence-electron chi connectivity index (χ0n) is 9.14.